The van der Waals surface area contributed by atoms with Gasteiger partial charge in [0.15, 0.2) is 0 Å². The van der Waals surface area contributed by atoms with Crippen molar-refractivity contribution in [3.63, 3.8) is 0 Å². The van der Waals surface area contributed by atoms with Crippen LogP contribution in [0.2, 0.25) is 0 Å². The average molecular weight is 331 g/mol. The summed E-state index contributed by atoms with van der Waals surface area (Å²) in [6.45, 7) is 6.74. The lowest BCUT2D eigenvalue weighted by atomic mass is 10.3. The molecule has 0 saturated heterocycles. The van der Waals surface area contributed by atoms with Crippen LogP contribution in [0.1, 0.15) is 44.4 Å². The van der Waals surface area contributed by atoms with Gasteiger partial charge in [0.1, 0.15) is 4.21 Å². The molecule has 1 N–H and O–H groups in total. The number of nitrogens with zero attached hydrogens (tertiary/aromatic N) is 1. The van der Waals surface area contributed by atoms with Crippen LogP contribution in [-0.2, 0) is 16.4 Å². The van der Waals surface area contributed by atoms with Crippen LogP contribution in [-0.4, -0.2) is 38.4 Å². The van der Waals surface area contributed by atoms with Gasteiger partial charge >= 0.3 is 0 Å². The third kappa shape index (κ3) is 4.52. The zero-order chi connectivity index (χ0) is 15.3. The second kappa shape index (κ2) is 7.72. The number of rotatable bonds is 10. The van der Waals surface area contributed by atoms with Crippen LogP contribution < -0.4 is 5.32 Å². The normalized spacial score (nSPS) is 15.8. The van der Waals surface area contributed by atoms with Gasteiger partial charge in [-0.3, -0.25) is 0 Å². The standard InChI is InChI=1S/C15H26N2O2S2/c1-3-10-16-11-9-14-7-8-15(20-14)21(18,19)17(12-4-2)13-5-6-13/h7-8,13,16H,3-6,9-12H2,1-2H3. The molecule has 1 aromatic heterocycles. The molecule has 2 rings (SSSR count). The molecule has 0 aromatic carbocycles. The molecule has 1 aliphatic carbocycles. The highest BCUT2D eigenvalue weighted by Gasteiger charge is 2.37. The predicted molar refractivity (Wildman–Crippen MR) is 88.4 cm³/mol. The lowest BCUT2D eigenvalue weighted by Crippen LogP contribution is -2.33. The summed E-state index contributed by atoms with van der Waals surface area (Å²) in [4.78, 5) is 1.14. The van der Waals surface area contributed by atoms with Crippen molar-refractivity contribution in [1.82, 2.24) is 9.62 Å². The van der Waals surface area contributed by atoms with E-state index in [0.717, 1.165) is 50.1 Å². The Morgan fingerprint density at radius 1 is 1.24 bits per heavy atom. The summed E-state index contributed by atoms with van der Waals surface area (Å²) < 4.78 is 27.6. The highest BCUT2D eigenvalue weighted by atomic mass is 32.2. The highest BCUT2D eigenvalue weighted by Crippen LogP contribution is 2.34. The van der Waals surface area contributed by atoms with E-state index in [1.807, 2.05) is 13.0 Å². The van der Waals surface area contributed by atoms with E-state index < -0.39 is 10.0 Å². The number of thiophene rings is 1. The molecule has 21 heavy (non-hydrogen) atoms. The van der Waals surface area contributed by atoms with E-state index in [4.69, 9.17) is 0 Å². The van der Waals surface area contributed by atoms with E-state index in [2.05, 4.69) is 12.2 Å². The zero-order valence-electron chi connectivity index (χ0n) is 13.0. The van der Waals surface area contributed by atoms with Crippen LogP contribution >= 0.6 is 11.3 Å². The maximum absolute atomic E-state index is 12.7. The van der Waals surface area contributed by atoms with Crippen LogP contribution in [0.15, 0.2) is 16.3 Å². The minimum atomic E-state index is -3.28. The predicted octanol–water partition coefficient (Wildman–Crippen LogP) is 2.85. The van der Waals surface area contributed by atoms with Gasteiger partial charge in [-0.2, -0.15) is 4.31 Å². The van der Waals surface area contributed by atoms with E-state index in [9.17, 15) is 8.42 Å². The number of nitrogens with one attached hydrogen (secondary N) is 1. The molecule has 1 heterocycles. The van der Waals surface area contributed by atoms with Crippen LogP contribution in [0.25, 0.3) is 0 Å². The van der Waals surface area contributed by atoms with Gasteiger partial charge in [0.05, 0.1) is 0 Å². The molecule has 1 fully saturated rings. The van der Waals surface area contributed by atoms with Crippen molar-refractivity contribution in [2.75, 3.05) is 19.6 Å². The Bertz CT molecular complexity index is 536. The van der Waals surface area contributed by atoms with Gasteiger partial charge in [0.25, 0.3) is 10.0 Å². The van der Waals surface area contributed by atoms with Gasteiger partial charge in [-0.1, -0.05) is 13.8 Å². The van der Waals surface area contributed by atoms with E-state index in [-0.39, 0.29) is 6.04 Å². The molecule has 6 heteroatoms. The Labute approximate surface area is 132 Å². The largest absolute Gasteiger partial charge is 0.316 e. The summed E-state index contributed by atoms with van der Waals surface area (Å²) >= 11 is 1.43. The Morgan fingerprint density at radius 2 is 2.00 bits per heavy atom. The Balaban J connectivity index is 2.01. The molecule has 1 aromatic rings. The molecule has 0 radical (unpaired) electrons. The average Bonchev–Trinajstić information content (AvgIpc) is 3.17. The molecule has 0 bridgehead atoms. The summed E-state index contributed by atoms with van der Waals surface area (Å²) in [5.41, 5.74) is 0. The molecule has 120 valence electrons. The molecule has 0 amide bonds. The molecular formula is C15H26N2O2S2. The van der Waals surface area contributed by atoms with E-state index in [1.54, 1.807) is 10.4 Å². The summed E-state index contributed by atoms with van der Waals surface area (Å²) in [6, 6.07) is 3.98. The topological polar surface area (TPSA) is 49.4 Å². The smallest absolute Gasteiger partial charge is 0.252 e. The summed E-state index contributed by atoms with van der Waals surface area (Å²) in [5, 5.41) is 3.35. The van der Waals surface area contributed by atoms with Gasteiger partial charge in [-0.25, -0.2) is 8.42 Å². The molecule has 0 unspecified atom stereocenters. The molecule has 4 nitrogen and oxygen atoms in total. The van der Waals surface area contributed by atoms with E-state index >= 15 is 0 Å². The van der Waals surface area contributed by atoms with Crippen molar-refractivity contribution in [3.05, 3.63) is 17.0 Å². The van der Waals surface area contributed by atoms with Crippen molar-refractivity contribution in [2.45, 2.75) is 56.2 Å². The molecule has 1 saturated carbocycles. The first-order valence-electron chi connectivity index (χ1n) is 7.90. The minimum Gasteiger partial charge on any atom is -0.316 e. The SMILES string of the molecule is CCCNCCc1ccc(S(=O)(=O)N(CCC)C2CC2)s1. The number of sulfonamides is 1. The number of hydrogen-bond donors (Lipinski definition) is 1. The first kappa shape index (κ1) is 16.9. The van der Waals surface area contributed by atoms with Gasteiger partial charge in [0, 0.05) is 17.5 Å². The zero-order valence-corrected chi connectivity index (χ0v) is 14.6. The second-order valence-corrected chi connectivity index (χ2v) is 8.85. The fraction of sp³-hybridized carbons (Fsp3) is 0.733. The molecule has 0 aliphatic heterocycles. The maximum atomic E-state index is 12.7. The van der Waals surface area contributed by atoms with Crippen molar-refractivity contribution in [2.24, 2.45) is 0 Å². The van der Waals surface area contributed by atoms with Crippen molar-refractivity contribution < 1.29 is 8.42 Å². The fourth-order valence-corrected chi connectivity index (χ4v) is 5.60. The fourth-order valence-electron chi connectivity index (χ4n) is 2.34. The third-order valence-electron chi connectivity index (χ3n) is 3.57. The molecule has 0 spiro atoms. The maximum Gasteiger partial charge on any atom is 0.252 e. The van der Waals surface area contributed by atoms with Crippen LogP contribution in [0.5, 0.6) is 0 Å². The lowest BCUT2D eigenvalue weighted by molar-refractivity contribution is 0.404. The van der Waals surface area contributed by atoms with Gasteiger partial charge < -0.3 is 5.32 Å². The van der Waals surface area contributed by atoms with E-state index in [0.29, 0.717) is 10.8 Å². The lowest BCUT2D eigenvalue weighted by Gasteiger charge is -2.20. The second-order valence-electron chi connectivity index (χ2n) is 5.57. The molecule has 1 aliphatic rings. The summed E-state index contributed by atoms with van der Waals surface area (Å²) in [5.74, 6) is 0. The van der Waals surface area contributed by atoms with Crippen molar-refractivity contribution in [3.8, 4) is 0 Å². The van der Waals surface area contributed by atoms with Crippen LogP contribution in [0.4, 0.5) is 0 Å². The number of hydrogen-bond acceptors (Lipinski definition) is 4. The monoisotopic (exact) mass is 330 g/mol. The van der Waals surface area contributed by atoms with Crippen molar-refractivity contribution >= 4 is 21.4 Å². The van der Waals surface area contributed by atoms with Gasteiger partial charge in [-0.15, -0.1) is 11.3 Å². The van der Waals surface area contributed by atoms with Crippen LogP contribution in [0, 0.1) is 0 Å². The Hall–Kier alpha value is -0.430. The van der Waals surface area contributed by atoms with Gasteiger partial charge in [-0.05, 0) is 57.3 Å². The van der Waals surface area contributed by atoms with Crippen molar-refractivity contribution in [1.29, 1.82) is 0 Å². The first-order valence-corrected chi connectivity index (χ1v) is 10.2. The Morgan fingerprint density at radius 3 is 2.62 bits per heavy atom. The van der Waals surface area contributed by atoms with Gasteiger partial charge in [0.2, 0.25) is 0 Å². The first-order chi connectivity index (χ1) is 10.1. The van der Waals surface area contributed by atoms with E-state index in [1.165, 1.54) is 11.3 Å². The van der Waals surface area contributed by atoms with Crippen LogP contribution in [0.3, 0.4) is 0 Å². The minimum absolute atomic E-state index is 0.242. The summed E-state index contributed by atoms with van der Waals surface area (Å²) in [7, 11) is -3.28. The molecule has 0 atom stereocenters. The quantitative estimate of drug-likeness (QED) is 0.671. The molecular weight excluding hydrogens is 304 g/mol. The Kier molecular flexibility index (Phi) is 6.22. The highest BCUT2D eigenvalue weighted by molar-refractivity contribution is 7.91. The third-order valence-corrected chi connectivity index (χ3v) is 7.14. The summed E-state index contributed by atoms with van der Waals surface area (Å²) in [6.07, 6.45) is 4.92.